The Hall–Kier alpha value is -1.02. The molecule has 1 unspecified atom stereocenters. The van der Waals surface area contributed by atoms with Crippen molar-refractivity contribution >= 4 is 0 Å². The molecule has 2 aliphatic rings. The van der Waals surface area contributed by atoms with Crippen LogP contribution in [0.4, 0.5) is 0 Å². The van der Waals surface area contributed by atoms with Gasteiger partial charge in [0.2, 0.25) is 0 Å². The molecule has 2 heteroatoms. The molecule has 0 amide bonds. The zero-order valence-corrected chi connectivity index (χ0v) is 11.9. The van der Waals surface area contributed by atoms with Crippen molar-refractivity contribution in [3.63, 3.8) is 0 Å². The van der Waals surface area contributed by atoms with Gasteiger partial charge in [-0.15, -0.1) is 0 Å². The number of aromatic hydroxyl groups is 1. The van der Waals surface area contributed by atoms with Crippen molar-refractivity contribution in [2.45, 2.75) is 51.5 Å². The van der Waals surface area contributed by atoms with Crippen LogP contribution in [0.25, 0.3) is 0 Å². The molecule has 104 valence electrons. The van der Waals surface area contributed by atoms with Crippen molar-refractivity contribution in [2.24, 2.45) is 5.92 Å². The van der Waals surface area contributed by atoms with Gasteiger partial charge >= 0.3 is 0 Å². The molecule has 0 saturated carbocycles. The summed E-state index contributed by atoms with van der Waals surface area (Å²) < 4.78 is 0. The summed E-state index contributed by atoms with van der Waals surface area (Å²) in [5.41, 5.74) is 2.84. The van der Waals surface area contributed by atoms with Crippen molar-refractivity contribution in [2.75, 3.05) is 13.1 Å². The number of rotatable bonds is 2. The van der Waals surface area contributed by atoms with Crippen LogP contribution in [-0.4, -0.2) is 23.1 Å². The van der Waals surface area contributed by atoms with Crippen LogP contribution in [0.1, 0.15) is 56.2 Å². The average Bonchev–Trinajstić information content (AvgIpc) is 2.46. The van der Waals surface area contributed by atoms with Gasteiger partial charge in [-0.2, -0.15) is 0 Å². The standard InChI is InChI=1S/C17H25NO/c1-2-13-8-10-18(11-9-13)17-5-3-4-14-12-15(19)6-7-16(14)17/h6-7,12-13,17,19H,2-5,8-11H2,1H3. The Morgan fingerprint density at radius 1 is 1.21 bits per heavy atom. The highest BCUT2D eigenvalue weighted by Gasteiger charge is 2.28. The molecule has 0 radical (unpaired) electrons. The van der Waals surface area contributed by atoms with Gasteiger partial charge in [0.05, 0.1) is 0 Å². The van der Waals surface area contributed by atoms with Crippen LogP contribution in [0.15, 0.2) is 18.2 Å². The first kappa shape index (κ1) is 13.0. The number of fused-ring (bicyclic) bond motifs is 1. The molecule has 1 fully saturated rings. The van der Waals surface area contributed by atoms with E-state index < -0.39 is 0 Å². The number of benzene rings is 1. The molecule has 0 spiro atoms. The maximum absolute atomic E-state index is 9.64. The second kappa shape index (κ2) is 5.54. The van der Waals surface area contributed by atoms with Gasteiger partial charge in [0.25, 0.3) is 0 Å². The fourth-order valence-corrected chi connectivity index (χ4v) is 3.83. The minimum atomic E-state index is 0.420. The average molecular weight is 259 g/mol. The first-order valence-corrected chi connectivity index (χ1v) is 7.83. The lowest BCUT2D eigenvalue weighted by Gasteiger charge is -2.40. The van der Waals surface area contributed by atoms with Crippen molar-refractivity contribution in [3.8, 4) is 5.75 Å². The summed E-state index contributed by atoms with van der Waals surface area (Å²) in [4.78, 5) is 2.68. The maximum Gasteiger partial charge on any atom is 0.115 e. The molecule has 1 aliphatic heterocycles. The Balaban J connectivity index is 1.77. The maximum atomic E-state index is 9.64. The van der Waals surface area contributed by atoms with E-state index in [0.29, 0.717) is 11.8 Å². The second-order valence-corrected chi connectivity index (χ2v) is 6.18. The summed E-state index contributed by atoms with van der Waals surface area (Å²) in [6.07, 6.45) is 7.73. The minimum absolute atomic E-state index is 0.420. The summed E-state index contributed by atoms with van der Waals surface area (Å²) in [5.74, 6) is 1.36. The molecule has 1 saturated heterocycles. The monoisotopic (exact) mass is 259 g/mol. The van der Waals surface area contributed by atoms with Gasteiger partial charge < -0.3 is 5.11 Å². The van der Waals surface area contributed by atoms with Gasteiger partial charge in [-0.1, -0.05) is 19.4 Å². The third kappa shape index (κ3) is 2.64. The summed E-state index contributed by atoms with van der Waals surface area (Å²) in [6.45, 7) is 4.83. The van der Waals surface area contributed by atoms with Crippen LogP contribution in [0.2, 0.25) is 0 Å². The van der Waals surface area contributed by atoms with Gasteiger partial charge in [0.15, 0.2) is 0 Å². The van der Waals surface area contributed by atoms with Gasteiger partial charge in [0, 0.05) is 6.04 Å². The van der Waals surface area contributed by atoms with Crippen LogP contribution in [0, 0.1) is 5.92 Å². The van der Waals surface area contributed by atoms with Crippen molar-refractivity contribution < 1.29 is 5.11 Å². The first-order chi connectivity index (χ1) is 9.28. The number of phenolic OH excluding ortho intramolecular Hbond substituents is 1. The highest BCUT2D eigenvalue weighted by atomic mass is 16.3. The van der Waals surface area contributed by atoms with Crippen LogP contribution in [0.5, 0.6) is 5.75 Å². The van der Waals surface area contributed by atoms with Crippen molar-refractivity contribution in [3.05, 3.63) is 29.3 Å². The van der Waals surface area contributed by atoms with E-state index in [1.807, 2.05) is 12.1 Å². The largest absolute Gasteiger partial charge is 0.508 e. The third-order valence-corrected chi connectivity index (χ3v) is 5.08. The highest BCUT2D eigenvalue weighted by Crippen LogP contribution is 2.37. The van der Waals surface area contributed by atoms with E-state index in [1.54, 1.807) is 0 Å². The number of phenols is 1. The molecular weight excluding hydrogens is 234 g/mol. The SMILES string of the molecule is CCC1CCN(C2CCCc3cc(O)ccc32)CC1. The molecule has 19 heavy (non-hydrogen) atoms. The lowest BCUT2D eigenvalue weighted by atomic mass is 9.84. The summed E-state index contributed by atoms with van der Waals surface area (Å²) in [7, 11) is 0. The van der Waals surface area contributed by atoms with Crippen LogP contribution >= 0.6 is 0 Å². The Morgan fingerprint density at radius 3 is 2.74 bits per heavy atom. The van der Waals surface area contributed by atoms with Crippen LogP contribution in [-0.2, 0) is 6.42 Å². The van der Waals surface area contributed by atoms with E-state index in [2.05, 4.69) is 17.9 Å². The van der Waals surface area contributed by atoms with E-state index in [9.17, 15) is 5.11 Å². The quantitative estimate of drug-likeness (QED) is 0.871. The molecule has 0 aromatic heterocycles. The van der Waals surface area contributed by atoms with Crippen molar-refractivity contribution in [1.29, 1.82) is 0 Å². The number of piperidine rings is 1. The fourth-order valence-electron chi connectivity index (χ4n) is 3.83. The smallest absolute Gasteiger partial charge is 0.115 e. The predicted octanol–water partition coefficient (Wildman–Crippen LogP) is 3.89. The summed E-state index contributed by atoms with van der Waals surface area (Å²) >= 11 is 0. The zero-order valence-electron chi connectivity index (χ0n) is 11.9. The molecule has 1 atom stereocenters. The number of hydrogen-bond acceptors (Lipinski definition) is 2. The van der Waals surface area contributed by atoms with Gasteiger partial charge in [-0.05, 0) is 74.4 Å². The molecular formula is C17H25NO. The van der Waals surface area contributed by atoms with Gasteiger partial charge in [-0.25, -0.2) is 0 Å². The zero-order chi connectivity index (χ0) is 13.2. The van der Waals surface area contributed by atoms with E-state index in [-0.39, 0.29) is 0 Å². The summed E-state index contributed by atoms with van der Waals surface area (Å²) in [6, 6.07) is 6.58. The van der Waals surface area contributed by atoms with Gasteiger partial charge in [0.1, 0.15) is 5.75 Å². The lowest BCUT2D eigenvalue weighted by Crippen LogP contribution is -2.38. The molecule has 3 rings (SSSR count). The Morgan fingerprint density at radius 2 is 2.00 bits per heavy atom. The van der Waals surface area contributed by atoms with E-state index in [0.717, 1.165) is 12.3 Å². The van der Waals surface area contributed by atoms with E-state index in [4.69, 9.17) is 0 Å². The topological polar surface area (TPSA) is 23.5 Å². The minimum Gasteiger partial charge on any atom is -0.508 e. The molecule has 1 aromatic rings. The van der Waals surface area contributed by atoms with Crippen LogP contribution in [0.3, 0.4) is 0 Å². The van der Waals surface area contributed by atoms with Crippen LogP contribution < -0.4 is 0 Å². The predicted molar refractivity (Wildman–Crippen MR) is 78.4 cm³/mol. The molecule has 0 bridgehead atoms. The highest BCUT2D eigenvalue weighted by molar-refractivity contribution is 5.38. The second-order valence-electron chi connectivity index (χ2n) is 6.18. The fraction of sp³-hybridized carbons (Fsp3) is 0.647. The Labute approximate surface area is 116 Å². The molecule has 1 N–H and O–H groups in total. The van der Waals surface area contributed by atoms with Gasteiger partial charge in [-0.3, -0.25) is 4.90 Å². The van der Waals surface area contributed by atoms with E-state index >= 15 is 0 Å². The normalized spacial score (nSPS) is 25.2. The number of hydrogen-bond donors (Lipinski definition) is 1. The molecule has 1 aromatic carbocycles. The Kier molecular flexibility index (Phi) is 3.79. The molecule has 1 aliphatic carbocycles. The third-order valence-electron chi connectivity index (χ3n) is 5.08. The Bertz CT molecular complexity index is 435. The molecule has 1 heterocycles. The lowest BCUT2D eigenvalue weighted by molar-refractivity contribution is 0.119. The first-order valence-electron chi connectivity index (χ1n) is 7.83. The van der Waals surface area contributed by atoms with Crippen molar-refractivity contribution in [1.82, 2.24) is 4.90 Å². The summed E-state index contributed by atoms with van der Waals surface area (Å²) in [5, 5.41) is 9.64. The number of likely N-dealkylation sites (tertiary alicyclic amines) is 1. The molecule has 2 nitrogen and oxygen atoms in total. The number of nitrogens with zero attached hydrogens (tertiary/aromatic N) is 1. The number of aryl methyl sites for hydroxylation is 1. The van der Waals surface area contributed by atoms with E-state index in [1.165, 1.54) is 56.3 Å².